The van der Waals surface area contributed by atoms with Crippen LogP contribution in [0.4, 0.5) is 0 Å². The number of thiophene rings is 1. The first-order valence-corrected chi connectivity index (χ1v) is 10.4. The van der Waals surface area contributed by atoms with Gasteiger partial charge in [0.05, 0.1) is 23.9 Å². The highest BCUT2D eigenvalue weighted by Gasteiger charge is 2.12. The monoisotopic (exact) mass is 432 g/mol. The summed E-state index contributed by atoms with van der Waals surface area (Å²) in [5, 5.41) is 10.8. The summed E-state index contributed by atoms with van der Waals surface area (Å²) < 4.78 is 12.4. The summed E-state index contributed by atoms with van der Waals surface area (Å²) in [5.41, 5.74) is 5.03. The van der Waals surface area contributed by atoms with Crippen molar-refractivity contribution in [3.63, 3.8) is 0 Å². The maximum Gasteiger partial charge on any atom is 0.277 e. The van der Waals surface area contributed by atoms with Crippen molar-refractivity contribution in [1.29, 1.82) is 0 Å². The number of benzene rings is 2. The van der Waals surface area contributed by atoms with Crippen LogP contribution < -0.4 is 14.9 Å². The Hall–Kier alpha value is -3.91. The fourth-order valence-electron chi connectivity index (χ4n) is 2.83. The lowest BCUT2D eigenvalue weighted by Crippen LogP contribution is -2.24. The Morgan fingerprint density at radius 3 is 2.58 bits per heavy atom. The average Bonchev–Trinajstić information content (AvgIpc) is 3.49. The van der Waals surface area contributed by atoms with Crippen molar-refractivity contribution < 1.29 is 14.3 Å². The highest BCUT2D eigenvalue weighted by atomic mass is 32.1. The van der Waals surface area contributed by atoms with Gasteiger partial charge < -0.3 is 9.47 Å². The van der Waals surface area contributed by atoms with E-state index in [4.69, 9.17) is 14.6 Å². The second-order valence-electron chi connectivity index (χ2n) is 6.45. The van der Waals surface area contributed by atoms with E-state index in [-0.39, 0.29) is 12.5 Å². The van der Waals surface area contributed by atoms with E-state index in [2.05, 4.69) is 10.5 Å². The number of carbonyl (C=O) groups is 1. The first-order valence-electron chi connectivity index (χ1n) is 9.50. The topological polar surface area (TPSA) is 77.7 Å². The summed E-state index contributed by atoms with van der Waals surface area (Å²) in [6.45, 7) is -0.148. The van der Waals surface area contributed by atoms with E-state index in [0.717, 1.165) is 27.6 Å². The van der Waals surface area contributed by atoms with Gasteiger partial charge in [0.2, 0.25) is 0 Å². The molecule has 4 rings (SSSR count). The summed E-state index contributed by atoms with van der Waals surface area (Å²) in [5.74, 6) is 0.934. The van der Waals surface area contributed by atoms with Crippen molar-refractivity contribution in [2.75, 3.05) is 13.7 Å². The molecule has 2 aromatic heterocycles. The van der Waals surface area contributed by atoms with Crippen LogP contribution in [0.1, 0.15) is 5.56 Å². The molecule has 0 spiro atoms. The standard InChI is InChI=1S/C23H20N4O3S/c1-29-19-9-11-20(12-10-19)30-16-22(28)25-24-14-17-15-27(18-6-3-2-4-7-18)26-23(17)21-8-5-13-31-21/h2-15H,16H2,1H3,(H,25,28)/b24-14+. The average molecular weight is 433 g/mol. The molecule has 156 valence electrons. The van der Waals surface area contributed by atoms with E-state index < -0.39 is 0 Å². The number of hydrazone groups is 1. The van der Waals surface area contributed by atoms with Gasteiger partial charge in [-0.25, -0.2) is 10.1 Å². The number of hydrogen-bond acceptors (Lipinski definition) is 6. The molecule has 0 bridgehead atoms. The van der Waals surface area contributed by atoms with Crippen LogP contribution in [0.25, 0.3) is 16.3 Å². The van der Waals surface area contributed by atoms with Gasteiger partial charge in [-0.05, 0) is 47.8 Å². The number of hydrogen-bond donors (Lipinski definition) is 1. The third kappa shape index (κ3) is 5.18. The molecule has 2 heterocycles. The van der Waals surface area contributed by atoms with E-state index in [1.807, 2.05) is 54.0 Å². The lowest BCUT2D eigenvalue weighted by Gasteiger charge is -2.05. The van der Waals surface area contributed by atoms with Crippen LogP contribution in [-0.2, 0) is 4.79 Å². The summed E-state index contributed by atoms with van der Waals surface area (Å²) in [6.07, 6.45) is 3.47. The first kappa shape index (κ1) is 20.4. The van der Waals surface area contributed by atoms with Crippen molar-refractivity contribution >= 4 is 23.5 Å². The largest absolute Gasteiger partial charge is 0.497 e. The van der Waals surface area contributed by atoms with E-state index in [0.29, 0.717) is 5.75 Å². The number of amides is 1. The second kappa shape index (κ2) is 9.73. The van der Waals surface area contributed by atoms with Gasteiger partial charge in [-0.3, -0.25) is 4.79 Å². The molecule has 0 unspecified atom stereocenters. The Morgan fingerprint density at radius 1 is 1.10 bits per heavy atom. The van der Waals surface area contributed by atoms with E-state index in [1.54, 1.807) is 53.6 Å². The molecule has 0 saturated carbocycles. The Kier molecular flexibility index (Phi) is 6.39. The van der Waals surface area contributed by atoms with E-state index in [1.165, 1.54) is 0 Å². The van der Waals surface area contributed by atoms with Crippen molar-refractivity contribution in [1.82, 2.24) is 15.2 Å². The Morgan fingerprint density at radius 2 is 1.87 bits per heavy atom. The van der Waals surface area contributed by atoms with Crippen molar-refractivity contribution in [2.45, 2.75) is 0 Å². The zero-order valence-electron chi connectivity index (χ0n) is 16.8. The number of para-hydroxylation sites is 1. The predicted molar refractivity (Wildman–Crippen MR) is 121 cm³/mol. The van der Waals surface area contributed by atoms with Gasteiger partial charge in [-0.15, -0.1) is 11.3 Å². The van der Waals surface area contributed by atoms with Gasteiger partial charge in [0.1, 0.15) is 17.2 Å². The molecule has 2 aromatic carbocycles. The van der Waals surface area contributed by atoms with Crippen LogP contribution in [0.2, 0.25) is 0 Å². The number of ether oxygens (including phenoxy) is 2. The molecule has 0 atom stereocenters. The third-order valence-electron chi connectivity index (χ3n) is 4.34. The molecule has 0 aliphatic carbocycles. The summed E-state index contributed by atoms with van der Waals surface area (Å²) in [6, 6.07) is 20.8. The van der Waals surface area contributed by atoms with Crippen molar-refractivity contribution in [3.8, 4) is 27.8 Å². The van der Waals surface area contributed by atoms with Gasteiger partial charge in [0.25, 0.3) is 5.91 Å². The van der Waals surface area contributed by atoms with Gasteiger partial charge in [0, 0.05) is 11.8 Å². The number of nitrogens with zero attached hydrogens (tertiary/aromatic N) is 3. The highest BCUT2D eigenvalue weighted by Crippen LogP contribution is 2.26. The predicted octanol–water partition coefficient (Wildman–Crippen LogP) is 4.14. The number of nitrogens with one attached hydrogen (secondary N) is 1. The molecule has 0 aliphatic rings. The maximum absolute atomic E-state index is 12.1. The zero-order chi connectivity index (χ0) is 21.5. The quantitative estimate of drug-likeness (QED) is 0.335. The molecule has 4 aromatic rings. The molecular weight excluding hydrogens is 412 g/mol. The Bertz CT molecular complexity index is 1150. The van der Waals surface area contributed by atoms with E-state index in [9.17, 15) is 4.79 Å². The minimum Gasteiger partial charge on any atom is -0.497 e. The highest BCUT2D eigenvalue weighted by molar-refractivity contribution is 7.13. The number of methoxy groups -OCH3 is 1. The molecule has 7 nitrogen and oxygen atoms in total. The fourth-order valence-corrected chi connectivity index (χ4v) is 3.56. The van der Waals surface area contributed by atoms with Gasteiger partial charge in [-0.2, -0.15) is 10.2 Å². The van der Waals surface area contributed by atoms with Gasteiger partial charge in [-0.1, -0.05) is 24.3 Å². The molecule has 31 heavy (non-hydrogen) atoms. The van der Waals surface area contributed by atoms with Gasteiger partial charge >= 0.3 is 0 Å². The normalized spacial score (nSPS) is 10.9. The van der Waals surface area contributed by atoms with Crippen LogP contribution >= 0.6 is 11.3 Å². The zero-order valence-corrected chi connectivity index (χ0v) is 17.6. The third-order valence-corrected chi connectivity index (χ3v) is 5.22. The lowest BCUT2D eigenvalue weighted by molar-refractivity contribution is -0.123. The summed E-state index contributed by atoms with van der Waals surface area (Å²) in [4.78, 5) is 13.1. The van der Waals surface area contributed by atoms with Crippen molar-refractivity contribution in [2.24, 2.45) is 5.10 Å². The molecule has 8 heteroatoms. The number of rotatable bonds is 8. The lowest BCUT2D eigenvalue weighted by atomic mass is 10.2. The molecule has 0 saturated heterocycles. The summed E-state index contributed by atoms with van der Waals surface area (Å²) in [7, 11) is 1.59. The second-order valence-corrected chi connectivity index (χ2v) is 7.40. The van der Waals surface area contributed by atoms with Crippen LogP contribution in [0.3, 0.4) is 0 Å². The van der Waals surface area contributed by atoms with Crippen LogP contribution in [-0.4, -0.2) is 35.6 Å². The molecular formula is C23H20N4O3S. The maximum atomic E-state index is 12.1. The molecule has 0 fully saturated rings. The molecule has 1 N–H and O–H groups in total. The fraction of sp³-hybridized carbons (Fsp3) is 0.0870. The van der Waals surface area contributed by atoms with Crippen molar-refractivity contribution in [3.05, 3.63) is 83.9 Å². The first-order chi connectivity index (χ1) is 15.2. The molecule has 1 amide bonds. The molecule has 0 aliphatic heterocycles. The van der Waals surface area contributed by atoms with Crippen LogP contribution in [0.5, 0.6) is 11.5 Å². The minimum atomic E-state index is -0.361. The summed E-state index contributed by atoms with van der Waals surface area (Å²) >= 11 is 1.59. The number of aromatic nitrogens is 2. The smallest absolute Gasteiger partial charge is 0.277 e. The van der Waals surface area contributed by atoms with Gasteiger partial charge in [0.15, 0.2) is 6.61 Å². The van der Waals surface area contributed by atoms with Crippen LogP contribution in [0, 0.1) is 0 Å². The van der Waals surface area contributed by atoms with E-state index >= 15 is 0 Å². The Labute approximate surface area is 183 Å². The number of carbonyl (C=O) groups excluding carboxylic acids is 1. The SMILES string of the molecule is COc1ccc(OCC(=O)N/N=C/c2cn(-c3ccccc3)nc2-c2cccs2)cc1. The minimum absolute atomic E-state index is 0.148. The molecule has 0 radical (unpaired) electrons. The van der Waals surface area contributed by atoms with Crippen LogP contribution in [0.15, 0.2) is 83.4 Å². The Balaban J connectivity index is 1.42.